The highest BCUT2D eigenvalue weighted by atomic mass is 16.5. The average molecular weight is 247 g/mol. The zero-order chi connectivity index (χ0) is 13.0. The van der Waals surface area contributed by atoms with Crippen LogP contribution in [0.25, 0.3) is 5.65 Å². The summed E-state index contributed by atoms with van der Waals surface area (Å²) in [5.41, 5.74) is 1.89. The van der Waals surface area contributed by atoms with E-state index in [1.807, 2.05) is 35.7 Å². The van der Waals surface area contributed by atoms with Gasteiger partial charge in [0.05, 0.1) is 18.4 Å². The maximum Gasteiger partial charge on any atom is 0.248 e. The fourth-order valence-corrected chi connectivity index (χ4v) is 1.89. The van der Waals surface area contributed by atoms with E-state index in [2.05, 4.69) is 4.98 Å². The molecule has 0 aliphatic heterocycles. The van der Waals surface area contributed by atoms with Crippen molar-refractivity contribution < 1.29 is 9.53 Å². The fraction of sp³-hybridized carbons (Fsp3) is 0.385. The van der Waals surface area contributed by atoms with Gasteiger partial charge in [0.15, 0.2) is 0 Å². The molecule has 0 aromatic carbocycles. The first kappa shape index (κ1) is 12.6. The topological polar surface area (TPSA) is 46.8 Å². The van der Waals surface area contributed by atoms with Crippen molar-refractivity contribution >= 4 is 11.6 Å². The van der Waals surface area contributed by atoms with Crippen LogP contribution in [-0.2, 0) is 16.1 Å². The van der Waals surface area contributed by atoms with E-state index in [1.54, 1.807) is 11.1 Å². The third-order valence-electron chi connectivity index (χ3n) is 2.85. The van der Waals surface area contributed by atoms with Crippen molar-refractivity contribution in [1.82, 2.24) is 14.3 Å². The molecule has 2 heterocycles. The van der Waals surface area contributed by atoms with Crippen LogP contribution in [0.1, 0.15) is 12.6 Å². The van der Waals surface area contributed by atoms with Gasteiger partial charge in [-0.3, -0.25) is 4.79 Å². The molecule has 0 spiro atoms. The van der Waals surface area contributed by atoms with Crippen molar-refractivity contribution in [3.8, 4) is 0 Å². The van der Waals surface area contributed by atoms with Gasteiger partial charge in [-0.15, -0.1) is 0 Å². The Morgan fingerprint density at radius 2 is 2.33 bits per heavy atom. The van der Waals surface area contributed by atoms with Crippen LogP contribution in [0.2, 0.25) is 0 Å². The van der Waals surface area contributed by atoms with E-state index in [1.165, 1.54) is 7.11 Å². The predicted molar refractivity (Wildman–Crippen MR) is 68.2 cm³/mol. The molecule has 0 saturated heterocycles. The second-order valence-electron chi connectivity index (χ2n) is 4.02. The highest BCUT2D eigenvalue weighted by molar-refractivity contribution is 5.77. The van der Waals surface area contributed by atoms with E-state index in [-0.39, 0.29) is 12.5 Å². The van der Waals surface area contributed by atoms with Crippen molar-refractivity contribution in [2.75, 3.05) is 20.3 Å². The molecule has 0 bridgehead atoms. The standard InChI is InChI=1S/C13H17N3O2/c1-3-15(13(17)10-18-2)9-11-8-14-12-6-4-5-7-16(11)12/h4-8H,3,9-10H2,1-2H3. The average Bonchev–Trinajstić information content (AvgIpc) is 2.79. The Kier molecular flexibility index (Phi) is 3.94. The molecule has 18 heavy (non-hydrogen) atoms. The summed E-state index contributed by atoms with van der Waals surface area (Å²) in [7, 11) is 1.53. The van der Waals surface area contributed by atoms with Crippen LogP contribution in [0.5, 0.6) is 0 Å². The summed E-state index contributed by atoms with van der Waals surface area (Å²) >= 11 is 0. The Bertz CT molecular complexity index is 536. The third kappa shape index (κ3) is 2.51. The number of ether oxygens (including phenoxy) is 1. The molecule has 2 rings (SSSR count). The smallest absolute Gasteiger partial charge is 0.248 e. The normalized spacial score (nSPS) is 10.8. The molecule has 2 aromatic rings. The number of imidazole rings is 1. The molecule has 0 aliphatic rings. The first-order valence-corrected chi connectivity index (χ1v) is 5.94. The molecule has 2 aromatic heterocycles. The number of pyridine rings is 1. The third-order valence-corrected chi connectivity index (χ3v) is 2.85. The zero-order valence-electron chi connectivity index (χ0n) is 10.7. The molecule has 1 amide bonds. The molecular formula is C13H17N3O2. The van der Waals surface area contributed by atoms with Crippen LogP contribution in [-0.4, -0.2) is 40.5 Å². The second kappa shape index (κ2) is 5.64. The molecular weight excluding hydrogens is 230 g/mol. The number of amides is 1. The monoisotopic (exact) mass is 247 g/mol. The quantitative estimate of drug-likeness (QED) is 0.800. The summed E-state index contributed by atoms with van der Waals surface area (Å²) in [6, 6.07) is 5.84. The minimum Gasteiger partial charge on any atom is -0.375 e. The van der Waals surface area contributed by atoms with E-state index >= 15 is 0 Å². The maximum absolute atomic E-state index is 11.8. The molecule has 0 radical (unpaired) electrons. The van der Waals surface area contributed by atoms with Crippen molar-refractivity contribution in [1.29, 1.82) is 0 Å². The second-order valence-corrected chi connectivity index (χ2v) is 4.02. The lowest BCUT2D eigenvalue weighted by Gasteiger charge is -2.20. The van der Waals surface area contributed by atoms with E-state index in [0.717, 1.165) is 11.3 Å². The summed E-state index contributed by atoms with van der Waals surface area (Å²) < 4.78 is 6.87. The van der Waals surface area contributed by atoms with Crippen LogP contribution < -0.4 is 0 Å². The molecule has 0 N–H and O–H groups in total. The SMILES string of the molecule is CCN(Cc1cnc2ccccn12)C(=O)COC. The molecule has 5 nitrogen and oxygen atoms in total. The van der Waals surface area contributed by atoms with Gasteiger partial charge in [-0.1, -0.05) is 6.07 Å². The van der Waals surface area contributed by atoms with Crippen LogP contribution in [0, 0.1) is 0 Å². The Hall–Kier alpha value is -1.88. The van der Waals surface area contributed by atoms with E-state index in [9.17, 15) is 4.79 Å². The largest absolute Gasteiger partial charge is 0.375 e. The van der Waals surface area contributed by atoms with Gasteiger partial charge in [0.1, 0.15) is 12.3 Å². The Balaban J connectivity index is 2.19. The number of fused-ring (bicyclic) bond motifs is 1. The van der Waals surface area contributed by atoms with Gasteiger partial charge in [-0.25, -0.2) is 4.98 Å². The number of carbonyl (C=O) groups excluding carboxylic acids is 1. The minimum absolute atomic E-state index is 0.00844. The highest BCUT2D eigenvalue weighted by Gasteiger charge is 2.13. The number of nitrogens with zero attached hydrogens (tertiary/aromatic N) is 3. The Labute approximate surface area is 106 Å². The zero-order valence-corrected chi connectivity index (χ0v) is 10.7. The van der Waals surface area contributed by atoms with E-state index in [4.69, 9.17) is 4.74 Å². The number of hydrogen-bond acceptors (Lipinski definition) is 3. The molecule has 0 saturated carbocycles. The fourth-order valence-electron chi connectivity index (χ4n) is 1.89. The summed E-state index contributed by atoms with van der Waals surface area (Å²) in [6.45, 7) is 3.27. The lowest BCUT2D eigenvalue weighted by atomic mass is 10.3. The van der Waals surface area contributed by atoms with Crippen LogP contribution in [0.3, 0.4) is 0 Å². The maximum atomic E-state index is 11.8. The molecule has 0 fully saturated rings. The van der Waals surface area contributed by atoms with Gasteiger partial charge in [-0.2, -0.15) is 0 Å². The first-order chi connectivity index (χ1) is 8.76. The lowest BCUT2D eigenvalue weighted by Crippen LogP contribution is -2.33. The van der Waals surface area contributed by atoms with E-state index in [0.29, 0.717) is 13.1 Å². The summed E-state index contributed by atoms with van der Waals surface area (Å²) in [5, 5.41) is 0. The van der Waals surface area contributed by atoms with E-state index < -0.39 is 0 Å². The van der Waals surface area contributed by atoms with Crippen molar-refractivity contribution in [3.05, 3.63) is 36.3 Å². The molecule has 96 valence electrons. The lowest BCUT2D eigenvalue weighted by molar-refractivity contribution is -0.135. The van der Waals surface area contributed by atoms with Crippen molar-refractivity contribution in [2.45, 2.75) is 13.5 Å². The Morgan fingerprint density at radius 3 is 3.06 bits per heavy atom. The number of aromatic nitrogens is 2. The van der Waals surface area contributed by atoms with Crippen LogP contribution in [0.4, 0.5) is 0 Å². The molecule has 0 aliphatic carbocycles. The van der Waals surface area contributed by atoms with Crippen molar-refractivity contribution in [2.24, 2.45) is 0 Å². The van der Waals surface area contributed by atoms with Gasteiger partial charge in [0, 0.05) is 19.9 Å². The number of methoxy groups -OCH3 is 1. The number of likely N-dealkylation sites (N-methyl/N-ethyl adjacent to an activating group) is 1. The predicted octanol–water partition coefficient (Wildman–Crippen LogP) is 1.33. The molecule has 0 atom stereocenters. The van der Waals surface area contributed by atoms with Crippen LogP contribution >= 0.6 is 0 Å². The number of carbonyl (C=O) groups is 1. The van der Waals surface area contributed by atoms with Crippen LogP contribution in [0.15, 0.2) is 30.6 Å². The summed E-state index contributed by atoms with van der Waals surface area (Å²) in [4.78, 5) is 17.9. The first-order valence-electron chi connectivity index (χ1n) is 5.94. The minimum atomic E-state index is -0.00844. The van der Waals surface area contributed by atoms with Gasteiger partial charge < -0.3 is 14.0 Å². The molecule has 5 heteroatoms. The molecule has 0 unspecified atom stereocenters. The summed E-state index contributed by atoms with van der Waals surface area (Å²) in [5.74, 6) is -0.00844. The van der Waals surface area contributed by atoms with Gasteiger partial charge in [-0.05, 0) is 19.1 Å². The van der Waals surface area contributed by atoms with Crippen molar-refractivity contribution in [3.63, 3.8) is 0 Å². The summed E-state index contributed by atoms with van der Waals surface area (Å²) in [6.07, 6.45) is 3.75. The highest BCUT2D eigenvalue weighted by Crippen LogP contribution is 2.09. The number of hydrogen-bond donors (Lipinski definition) is 0. The Morgan fingerprint density at radius 1 is 1.50 bits per heavy atom. The van der Waals surface area contributed by atoms with Gasteiger partial charge in [0.25, 0.3) is 0 Å². The number of rotatable bonds is 5. The van der Waals surface area contributed by atoms with Gasteiger partial charge in [0.2, 0.25) is 5.91 Å². The van der Waals surface area contributed by atoms with Gasteiger partial charge >= 0.3 is 0 Å².